The van der Waals surface area contributed by atoms with Crippen molar-refractivity contribution in [3.8, 4) is 5.88 Å². The van der Waals surface area contributed by atoms with E-state index < -0.39 is 59.1 Å². The van der Waals surface area contributed by atoms with E-state index in [0.29, 0.717) is 6.42 Å². The molecule has 1 aromatic heterocycles. The lowest BCUT2D eigenvalue weighted by Crippen LogP contribution is -2.37. The Morgan fingerprint density at radius 2 is 2.03 bits per heavy atom. The zero-order valence-electron chi connectivity index (χ0n) is 17.4. The third-order valence-corrected chi connectivity index (χ3v) is 6.92. The van der Waals surface area contributed by atoms with Crippen LogP contribution < -0.4 is 15.8 Å². The maximum atomic E-state index is 14.8. The van der Waals surface area contributed by atoms with Gasteiger partial charge < -0.3 is 15.8 Å². The molecule has 0 radical (unpaired) electrons. The van der Waals surface area contributed by atoms with Crippen LogP contribution in [0.15, 0.2) is 29.5 Å². The quantitative estimate of drug-likeness (QED) is 0.577. The van der Waals surface area contributed by atoms with Gasteiger partial charge in [-0.15, -0.1) is 0 Å². The molecular formula is C20H17F6N5O2S. The average Bonchev–Trinajstić information content (AvgIpc) is 3.50. The van der Waals surface area contributed by atoms with Crippen LogP contribution in [0.25, 0.3) is 0 Å². The fraction of sp³-hybridized carbons (Fsp3) is 0.400. The van der Waals surface area contributed by atoms with E-state index in [1.165, 1.54) is 13.0 Å². The molecule has 1 aliphatic carbocycles. The van der Waals surface area contributed by atoms with Gasteiger partial charge in [-0.25, -0.2) is 23.1 Å². The predicted octanol–water partition coefficient (Wildman–Crippen LogP) is 3.95. The van der Waals surface area contributed by atoms with Crippen molar-refractivity contribution in [3.63, 3.8) is 0 Å². The third-order valence-electron chi connectivity index (χ3n) is 5.66. The first-order chi connectivity index (χ1) is 15.9. The molecule has 1 aliphatic heterocycles. The first kappa shape index (κ1) is 24.1. The summed E-state index contributed by atoms with van der Waals surface area (Å²) in [5.74, 6) is -4.24. The maximum Gasteiger partial charge on any atom is 0.422 e. The summed E-state index contributed by atoms with van der Waals surface area (Å²) in [5.41, 5.74) is 3.83. The van der Waals surface area contributed by atoms with E-state index in [-0.39, 0.29) is 22.1 Å². The normalized spacial score (nSPS) is 25.9. The Balaban J connectivity index is 1.56. The van der Waals surface area contributed by atoms with Crippen molar-refractivity contribution >= 4 is 28.5 Å². The number of fused-ring (bicyclic) bond motifs is 1. The number of alkyl halides is 4. The number of amidine groups is 1. The van der Waals surface area contributed by atoms with Gasteiger partial charge in [-0.3, -0.25) is 9.79 Å². The second kappa shape index (κ2) is 8.32. The number of carbonyl (C=O) groups is 1. The molecular weight excluding hydrogens is 488 g/mol. The van der Waals surface area contributed by atoms with Crippen LogP contribution in [0.3, 0.4) is 0 Å². The van der Waals surface area contributed by atoms with Gasteiger partial charge in [0, 0.05) is 23.2 Å². The summed E-state index contributed by atoms with van der Waals surface area (Å²) in [6.07, 6.45) is -2.52. The van der Waals surface area contributed by atoms with E-state index in [4.69, 9.17) is 5.73 Å². The highest BCUT2D eigenvalue weighted by Gasteiger charge is 2.66. The summed E-state index contributed by atoms with van der Waals surface area (Å²) in [6.45, 7) is -0.772. The molecule has 4 rings (SSSR count). The van der Waals surface area contributed by atoms with Gasteiger partial charge in [0.05, 0.1) is 22.7 Å². The first-order valence-electron chi connectivity index (χ1n) is 9.80. The van der Waals surface area contributed by atoms with Crippen LogP contribution in [0.5, 0.6) is 5.88 Å². The van der Waals surface area contributed by atoms with Crippen LogP contribution in [0, 0.1) is 17.6 Å². The molecule has 1 fully saturated rings. The van der Waals surface area contributed by atoms with E-state index in [1.807, 2.05) is 0 Å². The Morgan fingerprint density at radius 1 is 1.29 bits per heavy atom. The minimum atomic E-state index is -4.57. The highest BCUT2D eigenvalue weighted by molar-refractivity contribution is 8.15. The van der Waals surface area contributed by atoms with Crippen molar-refractivity contribution in [3.05, 3.63) is 47.4 Å². The molecule has 0 spiro atoms. The lowest BCUT2D eigenvalue weighted by Gasteiger charge is -2.33. The van der Waals surface area contributed by atoms with E-state index >= 15 is 0 Å². The molecule has 2 heterocycles. The fourth-order valence-corrected chi connectivity index (χ4v) is 5.29. The minimum absolute atomic E-state index is 0.0475. The smallest absolute Gasteiger partial charge is 0.422 e. The van der Waals surface area contributed by atoms with E-state index in [1.54, 1.807) is 0 Å². The van der Waals surface area contributed by atoms with Crippen LogP contribution in [0.4, 0.5) is 32.0 Å². The number of hydrogen-bond acceptors (Lipinski definition) is 7. The molecule has 3 N–H and O–H groups in total. The lowest BCUT2D eigenvalue weighted by molar-refractivity contribution is -0.154. The van der Waals surface area contributed by atoms with Gasteiger partial charge in [0.2, 0.25) is 5.88 Å². The summed E-state index contributed by atoms with van der Waals surface area (Å²) < 4.78 is 83.1. The van der Waals surface area contributed by atoms with E-state index in [9.17, 15) is 31.1 Å². The lowest BCUT2D eigenvalue weighted by atomic mass is 9.85. The number of amides is 1. The first-order valence-corrected chi connectivity index (χ1v) is 10.6. The Hall–Kier alpha value is -3.03. The molecule has 34 heavy (non-hydrogen) atoms. The van der Waals surface area contributed by atoms with Gasteiger partial charge in [0.1, 0.15) is 12.4 Å². The molecule has 3 atom stereocenters. The van der Waals surface area contributed by atoms with E-state index in [2.05, 4.69) is 25.0 Å². The number of anilines is 1. The summed E-state index contributed by atoms with van der Waals surface area (Å²) in [5, 5.41) is 2.38. The summed E-state index contributed by atoms with van der Waals surface area (Å²) >= 11 is 1.07. The molecule has 182 valence electrons. The number of benzene rings is 1. The predicted molar refractivity (Wildman–Crippen MR) is 111 cm³/mol. The maximum absolute atomic E-state index is 14.8. The molecule has 14 heteroatoms. The number of nitrogens with zero attached hydrogens (tertiary/aromatic N) is 3. The number of nitrogens with one attached hydrogen (secondary N) is 1. The van der Waals surface area contributed by atoms with Gasteiger partial charge in [0.15, 0.2) is 23.4 Å². The highest BCUT2D eigenvalue weighted by Crippen LogP contribution is 2.66. The number of halogens is 6. The zero-order chi connectivity index (χ0) is 24.9. The molecule has 0 bridgehead atoms. The molecule has 7 nitrogen and oxygen atoms in total. The SMILES string of the molecule is C[C@]1(c2cc(NC(=O)c3cnc(OCC(F)(F)F)cn3)cc(F)c2F)N=C(N)S[C@@]2(CF)C[C@H]21. The van der Waals surface area contributed by atoms with Crippen molar-refractivity contribution in [2.24, 2.45) is 16.6 Å². The second-order valence-electron chi connectivity index (χ2n) is 8.07. The largest absolute Gasteiger partial charge is 0.467 e. The highest BCUT2D eigenvalue weighted by atomic mass is 32.2. The number of hydrogen-bond donors (Lipinski definition) is 2. The monoisotopic (exact) mass is 505 g/mol. The third kappa shape index (κ3) is 4.50. The van der Waals surface area contributed by atoms with Crippen LogP contribution in [0.2, 0.25) is 0 Å². The Bertz CT molecular complexity index is 1160. The van der Waals surface area contributed by atoms with Gasteiger partial charge in [-0.2, -0.15) is 13.2 Å². The zero-order valence-corrected chi connectivity index (χ0v) is 18.2. The van der Waals surface area contributed by atoms with Crippen molar-refractivity contribution in [1.29, 1.82) is 0 Å². The number of rotatable bonds is 6. The van der Waals surface area contributed by atoms with Crippen molar-refractivity contribution in [2.45, 2.75) is 29.8 Å². The average molecular weight is 505 g/mol. The Kier molecular flexibility index (Phi) is 5.90. The molecule has 1 saturated carbocycles. The molecule has 1 aromatic carbocycles. The standard InChI is InChI=1S/C20H17F6N5O2S/c1-18(13-4-19(13,7-21)34-17(27)31-18)10-2-9(3-11(22)15(10)23)30-16(32)12-5-29-14(6-28-12)33-8-20(24,25)26/h2-3,5-6,13H,4,7-8H2,1H3,(H2,27,31)(H,30,32)/t13-,18+,19+/m0/s1. The number of aliphatic imine (C=N–C) groups is 1. The Labute approximate surface area is 193 Å². The number of carbonyl (C=O) groups excluding carboxylic acids is 1. The van der Waals surface area contributed by atoms with Crippen molar-refractivity contribution in [2.75, 3.05) is 18.6 Å². The van der Waals surface area contributed by atoms with Crippen LogP contribution in [-0.4, -0.2) is 45.2 Å². The topological polar surface area (TPSA) is 102 Å². The summed E-state index contributed by atoms with van der Waals surface area (Å²) in [6, 6.07) is 1.92. The van der Waals surface area contributed by atoms with E-state index in [0.717, 1.165) is 30.2 Å². The van der Waals surface area contributed by atoms with Gasteiger partial charge in [0.25, 0.3) is 5.91 Å². The van der Waals surface area contributed by atoms with Crippen molar-refractivity contribution < 1.29 is 35.9 Å². The molecule has 0 saturated heterocycles. The summed E-state index contributed by atoms with van der Waals surface area (Å²) in [4.78, 5) is 24.0. The number of thioether (sulfide) groups is 1. The second-order valence-corrected chi connectivity index (χ2v) is 9.51. The number of ether oxygens (including phenoxy) is 1. The number of nitrogens with two attached hydrogens (primary N) is 1. The van der Waals surface area contributed by atoms with Gasteiger partial charge in [-0.05, 0) is 19.4 Å². The number of aromatic nitrogens is 2. The molecule has 0 unspecified atom stereocenters. The minimum Gasteiger partial charge on any atom is -0.467 e. The Morgan fingerprint density at radius 3 is 2.65 bits per heavy atom. The molecule has 2 aromatic rings. The molecule has 1 amide bonds. The summed E-state index contributed by atoms with van der Waals surface area (Å²) in [7, 11) is 0. The van der Waals surface area contributed by atoms with Gasteiger partial charge in [-0.1, -0.05) is 11.8 Å². The van der Waals surface area contributed by atoms with Crippen LogP contribution >= 0.6 is 11.8 Å². The van der Waals surface area contributed by atoms with Gasteiger partial charge >= 0.3 is 6.18 Å². The fourth-order valence-electron chi connectivity index (χ4n) is 3.96. The van der Waals surface area contributed by atoms with Crippen LogP contribution in [-0.2, 0) is 5.54 Å². The van der Waals surface area contributed by atoms with Crippen LogP contribution in [0.1, 0.15) is 29.4 Å². The van der Waals surface area contributed by atoms with Crippen molar-refractivity contribution in [1.82, 2.24) is 9.97 Å². The molecule has 2 aliphatic rings.